The van der Waals surface area contributed by atoms with Gasteiger partial charge in [0.15, 0.2) is 0 Å². The van der Waals surface area contributed by atoms with Crippen LogP contribution in [0.3, 0.4) is 0 Å². The minimum Gasteiger partial charge on any atom is -0.463 e. The first kappa shape index (κ1) is 34.7. The van der Waals surface area contributed by atoms with E-state index in [4.69, 9.17) is 33.5 Å². The lowest BCUT2D eigenvalue weighted by molar-refractivity contribution is -0.154. The Morgan fingerprint density at radius 3 is 1.24 bits per heavy atom. The van der Waals surface area contributed by atoms with Crippen molar-refractivity contribution in [2.24, 2.45) is 0 Å². The van der Waals surface area contributed by atoms with E-state index in [1.807, 2.05) is 0 Å². The Balaban J connectivity index is 4.60. The number of ether oxygens (including phenoxy) is 6. The number of rotatable bonds is 23. The molecule has 0 rings (SSSR count). The van der Waals surface area contributed by atoms with E-state index in [0.717, 1.165) is 38.9 Å². The van der Waals surface area contributed by atoms with Gasteiger partial charge in [0, 0.05) is 60.6 Å². The van der Waals surface area contributed by atoms with Gasteiger partial charge in [0.25, 0.3) is 0 Å². The first-order valence-electron chi connectivity index (χ1n) is 12.7. The normalized spacial score (nSPS) is 11.1. The van der Waals surface area contributed by atoms with Gasteiger partial charge in [-0.15, -0.1) is 0 Å². The number of hydrogen-bond acceptors (Lipinski definition) is 12. The van der Waals surface area contributed by atoms with E-state index >= 15 is 0 Å². The smallest absolute Gasteiger partial charge is 0.302 e. The number of carbonyl (C=O) groups is 4. The van der Waals surface area contributed by atoms with Crippen LogP contribution in [-0.4, -0.2) is 112 Å². The third kappa shape index (κ3) is 23.8. The molecule has 0 bridgehead atoms. The zero-order valence-electron chi connectivity index (χ0n) is 22.7. The van der Waals surface area contributed by atoms with Crippen LogP contribution in [0.2, 0.25) is 0 Å². The van der Waals surface area contributed by atoms with Gasteiger partial charge in [-0.05, 0) is 38.6 Å². The van der Waals surface area contributed by atoms with Gasteiger partial charge < -0.3 is 38.4 Å². The van der Waals surface area contributed by atoms with Crippen LogP contribution in [0.1, 0.15) is 59.8 Å². The first-order valence-corrected chi connectivity index (χ1v) is 12.7. The number of hydrogen-bond donors (Lipinski definition) is 1. The van der Waals surface area contributed by atoms with Crippen molar-refractivity contribution < 1.29 is 52.7 Å². The summed E-state index contributed by atoms with van der Waals surface area (Å²) in [4.78, 5) is 46.6. The first-order chi connectivity index (χ1) is 17.6. The van der Waals surface area contributed by atoms with E-state index < -0.39 is 36.1 Å². The Morgan fingerprint density at radius 2 is 0.919 bits per heavy atom. The molecule has 0 aromatic carbocycles. The van der Waals surface area contributed by atoms with Crippen molar-refractivity contribution >= 4 is 23.9 Å². The van der Waals surface area contributed by atoms with Crippen LogP contribution in [-0.2, 0) is 47.6 Å². The van der Waals surface area contributed by atoms with Gasteiger partial charge in [0.2, 0.25) is 0 Å². The van der Waals surface area contributed by atoms with Crippen molar-refractivity contribution in [3.05, 3.63) is 0 Å². The lowest BCUT2D eigenvalue weighted by Gasteiger charge is -2.24. The van der Waals surface area contributed by atoms with Crippen LogP contribution < -0.4 is 0 Å². The summed E-state index contributed by atoms with van der Waals surface area (Å²) in [5, 5.41) is 9.02. The number of aliphatic hydroxyl groups excluding tert-OH is 1. The molecule has 0 aromatic rings. The van der Waals surface area contributed by atoms with E-state index in [2.05, 4.69) is 4.90 Å². The molecule has 0 radical (unpaired) electrons. The summed E-state index contributed by atoms with van der Waals surface area (Å²) in [6, 6.07) is 0. The van der Waals surface area contributed by atoms with Gasteiger partial charge in [-0.1, -0.05) is 0 Å². The summed E-state index contributed by atoms with van der Waals surface area (Å²) in [5.74, 6) is -1.74. The fourth-order valence-corrected chi connectivity index (χ4v) is 3.17. The standard InChI is InChI=1S/C25H45NO11/c1-20(28)34-16-24(17-35-21(2)29)32-14-8-11-26(10-6-5-7-13-27)12-9-15-33-25(18-36-22(3)30)19-37-23(4)31/h24-25,27H,5-19H2,1-4H3. The minimum absolute atomic E-state index is 0.00663. The zero-order chi connectivity index (χ0) is 27.9. The second-order valence-corrected chi connectivity index (χ2v) is 8.53. The van der Waals surface area contributed by atoms with Crippen molar-refractivity contribution in [3.8, 4) is 0 Å². The second-order valence-electron chi connectivity index (χ2n) is 8.53. The SMILES string of the molecule is CC(=O)OCC(COC(C)=O)OCCCN(CCCCCO)CCCOC(COC(C)=O)COC(C)=O. The van der Waals surface area contributed by atoms with E-state index in [1.54, 1.807) is 0 Å². The van der Waals surface area contributed by atoms with E-state index in [9.17, 15) is 19.2 Å². The maximum Gasteiger partial charge on any atom is 0.302 e. The van der Waals surface area contributed by atoms with Gasteiger partial charge in [0.1, 0.15) is 38.6 Å². The van der Waals surface area contributed by atoms with Gasteiger partial charge in [-0.25, -0.2) is 0 Å². The lowest BCUT2D eigenvalue weighted by Crippen LogP contribution is -2.32. The lowest BCUT2D eigenvalue weighted by atomic mass is 10.2. The molecular formula is C25H45NO11. The summed E-state index contributed by atoms with van der Waals surface area (Å²) in [5.41, 5.74) is 0. The molecule has 0 atom stereocenters. The molecule has 1 N–H and O–H groups in total. The molecule has 0 aliphatic rings. The summed E-state index contributed by atoms with van der Waals surface area (Å²) >= 11 is 0. The predicted octanol–water partition coefficient (Wildman–Crippen LogP) is 1.25. The molecule has 12 nitrogen and oxygen atoms in total. The third-order valence-corrected chi connectivity index (χ3v) is 4.97. The maximum atomic E-state index is 11.1. The quantitative estimate of drug-likeness (QED) is 0.114. The highest BCUT2D eigenvalue weighted by Gasteiger charge is 2.15. The van der Waals surface area contributed by atoms with Crippen molar-refractivity contribution in [2.75, 3.05) is 65.9 Å². The molecular weight excluding hydrogens is 490 g/mol. The van der Waals surface area contributed by atoms with E-state index in [0.29, 0.717) is 26.1 Å². The summed E-state index contributed by atoms with van der Waals surface area (Å²) in [6.45, 7) is 8.52. The molecule has 0 saturated heterocycles. The number of carbonyl (C=O) groups excluding carboxylic acids is 4. The molecule has 0 fully saturated rings. The average molecular weight is 536 g/mol. The maximum absolute atomic E-state index is 11.1. The highest BCUT2D eigenvalue weighted by Crippen LogP contribution is 2.05. The number of esters is 4. The molecule has 0 saturated carbocycles. The Bertz CT molecular complexity index is 560. The fraction of sp³-hybridized carbons (Fsp3) is 0.840. The molecule has 0 aliphatic carbocycles. The Labute approximate surface area is 219 Å². The molecule has 37 heavy (non-hydrogen) atoms. The van der Waals surface area contributed by atoms with Crippen molar-refractivity contribution in [3.63, 3.8) is 0 Å². The largest absolute Gasteiger partial charge is 0.463 e. The monoisotopic (exact) mass is 535 g/mol. The molecule has 0 heterocycles. The summed E-state index contributed by atoms with van der Waals surface area (Å²) in [7, 11) is 0. The Kier molecular flexibility index (Phi) is 21.5. The number of nitrogens with zero attached hydrogens (tertiary/aromatic N) is 1. The highest BCUT2D eigenvalue weighted by atomic mass is 16.6. The van der Waals surface area contributed by atoms with Crippen LogP contribution in [0, 0.1) is 0 Å². The molecule has 0 unspecified atom stereocenters. The van der Waals surface area contributed by atoms with Gasteiger partial charge in [-0.2, -0.15) is 0 Å². The summed E-state index contributed by atoms with van der Waals surface area (Å²) in [6.07, 6.45) is 2.95. The minimum atomic E-state index is -0.536. The Hall–Kier alpha value is -2.28. The molecule has 0 aromatic heterocycles. The predicted molar refractivity (Wildman–Crippen MR) is 133 cm³/mol. The Morgan fingerprint density at radius 1 is 0.568 bits per heavy atom. The van der Waals surface area contributed by atoms with Crippen molar-refractivity contribution in [1.82, 2.24) is 4.90 Å². The second kappa shape index (κ2) is 22.9. The van der Waals surface area contributed by atoms with Crippen LogP contribution in [0.4, 0.5) is 0 Å². The fourth-order valence-electron chi connectivity index (χ4n) is 3.17. The van der Waals surface area contributed by atoms with E-state index in [-0.39, 0.29) is 33.0 Å². The van der Waals surface area contributed by atoms with Crippen LogP contribution in [0.5, 0.6) is 0 Å². The van der Waals surface area contributed by atoms with Gasteiger partial charge >= 0.3 is 23.9 Å². The van der Waals surface area contributed by atoms with Crippen LogP contribution in [0.15, 0.2) is 0 Å². The highest BCUT2D eigenvalue weighted by molar-refractivity contribution is 5.67. The molecule has 216 valence electrons. The zero-order valence-corrected chi connectivity index (χ0v) is 22.7. The molecule has 12 heteroatoms. The average Bonchev–Trinajstić information content (AvgIpc) is 2.83. The van der Waals surface area contributed by atoms with E-state index in [1.165, 1.54) is 27.7 Å². The third-order valence-electron chi connectivity index (χ3n) is 4.97. The van der Waals surface area contributed by atoms with Crippen molar-refractivity contribution in [2.45, 2.75) is 72.0 Å². The van der Waals surface area contributed by atoms with Crippen LogP contribution in [0.25, 0.3) is 0 Å². The number of unbranched alkanes of at least 4 members (excludes halogenated alkanes) is 2. The van der Waals surface area contributed by atoms with Gasteiger partial charge in [-0.3, -0.25) is 19.2 Å². The molecule has 0 aliphatic heterocycles. The van der Waals surface area contributed by atoms with Crippen LogP contribution >= 0.6 is 0 Å². The molecule has 0 amide bonds. The summed E-state index contributed by atoms with van der Waals surface area (Å²) < 4.78 is 31.5. The van der Waals surface area contributed by atoms with Gasteiger partial charge in [0.05, 0.1) is 0 Å². The molecule has 0 spiro atoms. The van der Waals surface area contributed by atoms with Crippen molar-refractivity contribution in [1.29, 1.82) is 0 Å². The topological polar surface area (TPSA) is 147 Å². The number of aliphatic hydroxyl groups is 1.